The van der Waals surface area contributed by atoms with Crippen LogP contribution in [0.15, 0.2) is 71.1 Å². The Hall–Kier alpha value is -4.04. The first-order valence-electron chi connectivity index (χ1n) is 10.9. The summed E-state index contributed by atoms with van der Waals surface area (Å²) in [5.74, 6) is -2.25. The molecule has 3 rings (SSSR count). The predicted octanol–water partition coefficient (Wildman–Crippen LogP) is 4.55. The van der Waals surface area contributed by atoms with Crippen molar-refractivity contribution in [2.75, 3.05) is 21.3 Å². The van der Waals surface area contributed by atoms with E-state index in [4.69, 9.17) is 30.5 Å². The maximum absolute atomic E-state index is 12.7. The Balaban J connectivity index is 1.98. The van der Waals surface area contributed by atoms with Crippen LogP contribution in [0.1, 0.15) is 30.9 Å². The fourth-order valence-corrected chi connectivity index (χ4v) is 4.15. The minimum Gasteiger partial charge on any atom is -0.493 e. The van der Waals surface area contributed by atoms with Crippen LogP contribution in [-0.4, -0.2) is 39.2 Å². The van der Waals surface area contributed by atoms with Gasteiger partial charge >= 0.3 is 17.9 Å². The largest absolute Gasteiger partial charge is 0.493 e. The van der Waals surface area contributed by atoms with Crippen molar-refractivity contribution in [1.82, 2.24) is 5.32 Å². The number of carbonyl (C=O) groups excluding carboxylic acids is 3. The minimum atomic E-state index is -0.801. The van der Waals surface area contributed by atoms with Gasteiger partial charge in [-0.25, -0.2) is 14.4 Å². The summed E-state index contributed by atoms with van der Waals surface area (Å²) >= 11 is 6.12. The first-order chi connectivity index (χ1) is 17.2. The second kappa shape index (κ2) is 11.6. The number of benzene rings is 2. The van der Waals surface area contributed by atoms with Crippen LogP contribution in [0.25, 0.3) is 6.08 Å². The number of dihydropyridines is 1. The first-order valence-corrected chi connectivity index (χ1v) is 11.3. The standard InChI is InChI=1S/C27H26ClNO7/c1-15-23(26(31)34-4)25(24(16(2)29-15)27(32)35-5)18-10-12-20(21(14-18)33-3)36-22(30)13-11-17-8-6-7-9-19(17)28/h6-14,25,29H,1-5H3/b13-11+. The molecule has 2 aromatic rings. The summed E-state index contributed by atoms with van der Waals surface area (Å²) < 4.78 is 20.9. The van der Waals surface area contributed by atoms with Crippen LogP contribution in [0.3, 0.4) is 0 Å². The van der Waals surface area contributed by atoms with Gasteiger partial charge in [0, 0.05) is 22.5 Å². The van der Waals surface area contributed by atoms with Gasteiger partial charge in [0.1, 0.15) is 0 Å². The Kier molecular flexibility index (Phi) is 8.55. The van der Waals surface area contributed by atoms with Crippen LogP contribution in [0.5, 0.6) is 11.5 Å². The van der Waals surface area contributed by atoms with Crippen LogP contribution in [0, 0.1) is 0 Å². The lowest BCUT2D eigenvalue weighted by atomic mass is 9.80. The molecule has 9 heteroatoms. The van der Waals surface area contributed by atoms with Crippen LogP contribution in [0.2, 0.25) is 5.02 Å². The number of carbonyl (C=O) groups is 3. The van der Waals surface area contributed by atoms with Crippen molar-refractivity contribution in [2.24, 2.45) is 0 Å². The quantitative estimate of drug-likeness (QED) is 0.328. The van der Waals surface area contributed by atoms with Crippen molar-refractivity contribution in [3.05, 3.63) is 87.2 Å². The third kappa shape index (κ3) is 5.60. The molecule has 1 heterocycles. The van der Waals surface area contributed by atoms with Gasteiger partial charge in [-0.15, -0.1) is 0 Å². The second-order valence-corrected chi connectivity index (χ2v) is 8.21. The van der Waals surface area contributed by atoms with Gasteiger partial charge in [-0.2, -0.15) is 0 Å². The average molecular weight is 512 g/mol. The zero-order chi connectivity index (χ0) is 26.4. The molecule has 188 valence electrons. The summed E-state index contributed by atoms with van der Waals surface area (Å²) in [5, 5.41) is 3.55. The minimum absolute atomic E-state index is 0.157. The molecule has 36 heavy (non-hydrogen) atoms. The molecule has 0 fully saturated rings. The number of allylic oxidation sites excluding steroid dienone is 2. The number of esters is 3. The topological polar surface area (TPSA) is 100 Å². The lowest BCUT2D eigenvalue weighted by Gasteiger charge is -2.30. The molecule has 0 radical (unpaired) electrons. The molecule has 1 aliphatic heterocycles. The fraction of sp³-hybridized carbons (Fsp3) is 0.222. The lowest BCUT2D eigenvalue weighted by molar-refractivity contribution is -0.137. The van der Waals surface area contributed by atoms with Crippen molar-refractivity contribution < 1.29 is 33.3 Å². The summed E-state index contributed by atoms with van der Waals surface area (Å²) in [6, 6.07) is 11.9. The second-order valence-electron chi connectivity index (χ2n) is 7.80. The Bertz CT molecular complexity index is 1250. The normalized spacial score (nSPS) is 13.9. The molecular weight excluding hydrogens is 486 g/mol. The SMILES string of the molecule is COC(=O)C1=C(C)NC(C)=C(C(=O)OC)C1c1ccc(OC(=O)/C=C/c2ccccc2Cl)c(OC)c1. The van der Waals surface area contributed by atoms with Gasteiger partial charge < -0.3 is 24.3 Å². The molecule has 1 aliphatic rings. The summed E-state index contributed by atoms with van der Waals surface area (Å²) in [4.78, 5) is 37.8. The van der Waals surface area contributed by atoms with E-state index >= 15 is 0 Å². The molecule has 0 atom stereocenters. The third-order valence-corrected chi connectivity index (χ3v) is 5.95. The van der Waals surface area contributed by atoms with Gasteiger partial charge in [0.25, 0.3) is 0 Å². The van der Waals surface area contributed by atoms with E-state index in [2.05, 4.69) is 5.32 Å². The highest BCUT2D eigenvalue weighted by atomic mass is 35.5. The molecule has 0 spiro atoms. The summed E-state index contributed by atoms with van der Waals surface area (Å²) in [7, 11) is 3.95. The van der Waals surface area contributed by atoms with Crippen LogP contribution in [0.4, 0.5) is 0 Å². The Morgan fingerprint density at radius 3 is 2.06 bits per heavy atom. The van der Waals surface area contributed by atoms with E-state index in [-0.39, 0.29) is 22.6 Å². The Morgan fingerprint density at radius 1 is 0.889 bits per heavy atom. The van der Waals surface area contributed by atoms with Crippen LogP contribution < -0.4 is 14.8 Å². The number of methoxy groups -OCH3 is 3. The maximum atomic E-state index is 12.7. The molecule has 8 nitrogen and oxygen atoms in total. The highest BCUT2D eigenvalue weighted by Crippen LogP contribution is 2.42. The number of ether oxygens (including phenoxy) is 4. The molecule has 0 unspecified atom stereocenters. The van der Waals surface area contributed by atoms with Gasteiger partial charge in [0.05, 0.1) is 38.4 Å². The predicted molar refractivity (Wildman–Crippen MR) is 134 cm³/mol. The van der Waals surface area contributed by atoms with Crippen molar-refractivity contribution in [3.63, 3.8) is 0 Å². The summed E-state index contributed by atoms with van der Waals surface area (Å²) in [5.41, 5.74) is 2.78. The van der Waals surface area contributed by atoms with E-state index in [9.17, 15) is 14.4 Å². The van der Waals surface area contributed by atoms with Crippen LogP contribution >= 0.6 is 11.6 Å². The van der Waals surface area contributed by atoms with Gasteiger partial charge in [0.15, 0.2) is 11.5 Å². The fourth-order valence-electron chi connectivity index (χ4n) is 3.95. The van der Waals surface area contributed by atoms with Gasteiger partial charge in [-0.1, -0.05) is 35.9 Å². The Labute approximate surface area is 214 Å². The van der Waals surface area contributed by atoms with Crippen molar-refractivity contribution in [3.8, 4) is 11.5 Å². The first kappa shape index (κ1) is 26.6. The molecule has 0 amide bonds. The highest BCUT2D eigenvalue weighted by molar-refractivity contribution is 6.32. The molecule has 0 bridgehead atoms. The molecular formula is C27H26ClNO7. The molecule has 0 aromatic heterocycles. The maximum Gasteiger partial charge on any atom is 0.336 e. The summed E-state index contributed by atoms with van der Waals surface area (Å²) in [6.07, 6.45) is 2.80. The zero-order valence-electron chi connectivity index (χ0n) is 20.5. The molecule has 0 aliphatic carbocycles. The number of nitrogens with one attached hydrogen (secondary N) is 1. The summed E-state index contributed by atoms with van der Waals surface area (Å²) in [6.45, 7) is 3.44. The van der Waals surface area contributed by atoms with E-state index in [0.717, 1.165) is 0 Å². The number of hydrogen-bond donors (Lipinski definition) is 1. The smallest absolute Gasteiger partial charge is 0.336 e. The van der Waals surface area contributed by atoms with E-state index < -0.39 is 23.8 Å². The highest BCUT2D eigenvalue weighted by Gasteiger charge is 2.38. The number of halogens is 1. The molecule has 0 saturated heterocycles. The van der Waals surface area contributed by atoms with Gasteiger partial charge in [-0.3, -0.25) is 0 Å². The molecule has 1 N–H and O–H groups in total. The third-order valence-electron chi connectivity index (χ3n) is 5.61. The molecule has 0 saturated carbocycles. The zero-order valence-corrected chi connectivity index (χ0v) is 21.3. The van der Waals surface area contributed by atoms with Gasteiger partial charge in [0.2, 0.25) is 0 Å². The van der Waals surface area contributed by atoms with E-state index in [1.54, 1.807) is 56.3 Å². The van der Waals surface area contributed by atoms with Crippen molar-refractivity contribution >= 4 is 35.6 Å². The van der Waals surface area contributed by atoms with E-state index in [1.165, 1.54) is 33.5 Å². The van der Waals surface area contributed by atoms with E-state index in [1.807, 2.05) is 0 Å². The lowest BCUT2D eigenvalue weighted by Crippen LogP contribution is -2.32. The van der Waals surface area contributed by atoms with Crippen molar-refractivity contribution in [1.29, 1.82) is 0 Å². The van der Waals surface area contributed by atoms with E-state index in [0.29, 0.717) is 27.5 Å². The average Bonchev–Trinajstić information content (AvgIpc) is 2.87. The van der Waals surface area contributed by atoms with Crippen molar-refractivity contribution in [2.45, 2.75) is 19.8 Å². The Morgan fingerprint density at radius 2 is 1.50 bits per heavy atom. The number of rotatable bonds is 7. The number of hydrogen-bond acceptors (Lipinski definition) is 8. The monoisotopic (exact) mass is 511 g/mol. The van der Waals surface area contributed by atoms with Crippen LogP contribution in [-0.2, 0) is 23.9 Å². The van der Waals surface area contributed by atoms with Gasteiger partial charge in [-0.05, 0) is 49.2 Å². The molecule has 2 aromatic carbocycles.